The summed E-state index contributed by atoms with van der Waals surface area (Å²) in [6.07, 6.45) is 0. The maximum Gasteiger partial charge on any atom is 0.275 e. The summed E-state index contributed by atoms with van der Waals surface area (Å²) in [6, 6.07) is 13.3. The van der Waals surface area contributed by atoms with Gasteiger partial charge >= 0.3 is 0 Å². The molecule has 0 spiro atoms. The van der Waals surface area contributed by atoms with Crippen molar-refractivity contribution in [3.05, 3.63) is 70.2 Å². The van der Waals surface area contributed by atoms with E-state index in [1.807, 2.05) is 31.2 Å². The molecule has 0 saturated heterocycles. The number of benzene rings is 2. The Bertz CT molecular complexity index is 961. The minimum atomic E-state index is -0.295. The molecule has 2 N–H and O–H groups in total. The van der Waals surface area contributed by atoms with Crippen molar-refractivity contribution in [3.8, 4) is 10.6 Å². The molecule has 3 aromatic rings. The highest BCUT2D eigenvalue weighted by Gasteiger charge is 2.15. The van der Waals surface area contributed by atoms with Gasteiger partial charge < -0.3 is 10.6 Å². The van der Waals surface area contributed by atoms with Crippen LogP contribution in [0, 0.1) is 13.8 Å². The van der Waals surface area contributed by atoms with Crippen LogP contribution < -0.4 is 10.6 Å². The molecule has 132 valence electrons. The molecule has 1 heterocycles. The van der Waals surface area contributed by atoms with E-state index < -0.39 is 0 Å². The van der Waals surface area contributed by atoms with Crippen molar-refractivity contribution in [2.45, 2.75) is 13.8 Å². The summed E-state index contributed by atoms with van der Waals surface area (Å²) in [7, 11) is 1.58. The summed E-state index contributed by atoms with van der Waals surface area (Å²) in [5.74, 6) is -0.481. The van der Waals surface area contributed by atoms with Crippen LogP contribution in [0.25, 0.3) is 10.6 Å². The number of anilines is 1. The molecule has 0 fully saturated rings. The van der Waals surface area contributed by atoms with Crippen molar-refractivity contribution in [3.63, 3.8) is 0 Å². The maximum atomic E-state index is 12.5. The van der Waals surface area contributed by atoms with Gasteiger partial charge in [-0.25, -0.2) is 4.98 Å². The molecule has 0 bridgehead atoms. The second kappa shape index (κ2) is 7.49. The molecule has 0 aliphatic carbocycles. The van der Waals surface area contributed by atoms with Crippen LogP contribution in [0.1, 0.15) is 32.0 Å². The number of carbonyl (C=O) groups excluding carboxylic acids is 2. The van der Waals surface area contributed by atoms with Crippen molar-refractivity contribution < 1.29 is 9.59 Å². The van der Waals surface area contributed by atoms with Crippen LogP contribution >= 0.6 is 11.3 Å². The van der Waals surface area contributed by atoms with Crippen LogP contribution in [0.15, 0.2) is 47.8 Å². The van der Waals surface area contributed by atoms with Crippen LogP contribution in [0.2, 0.25) is 0 Å². The Morgan fingerprint density at radius 2 is 1.73 bits per heavy atom. The largest absolute Gasteiger partial charge is 0.355 e. The standard InChI is InChI=1S/C20H19N3O2S/c1-12-7-9-14(10-8-12)20-23-17(11-26-20)19(25)22-16-6-4-5-15(13(16)2)18(24)21-3/h4-11H,1-3H3,(H,21,24)(H,22,25). The quantitative estimate of drug-likeness (QED) is 0.733. The van der Waals surface area contributed by atoms with Crippen molar-refractivity contribution in [2.75, 3.05) is 12.4 Å². The zero-order valence-corrected chi connectivity index (χ0v) is 15.6. The van der Waals surface area contributed by atoms with E-state index in [4.69, 9.17) is 0 Å². The smallest absolute Gasteiger partial charge is 0.275 e. The fourth-order valence-corrected chi connectivity index (χ4v) is 3.35. The van der Waals surface area contributed by atoms with Crippen molar-refractivity contribution >= 4 is 28.8 Å². The zero-order valence-electron chi connectivity index (χ0n) is 14.8. The molecule has 1 aromatic heterocycles. The van der Waals surface area contributed by atoms with Crippen LogP contribution in [0.3, 0.4) is 0 Å². The third-order valence-electron chi connectivity index (χ3n) is 4.09. The molecular formula is C20H19N3O2S. The third kappa shape index (κ3) is 3.65. The Hall–Kier alpha value is -2.99. The second-order valence-electron chi connectivity index (χ2n) is 5.92. The number of aryl methyl sites for hydroxylation is 1. The van der Waals surface area contributed by atoms with Crippen molar-refractivity contribution in [2.24, 2.45) is 0 Å². The molecule has 6 heteroatoms. The average Bonchev–Trinajstić information content (AvgIpc) is 3.13. The number of hydrogen-bond donors (Lipinski definition) is 2. The first-order valence-electron chi connectivity index (χ1n) is 8.15. The molecule has 0 aliphatic heterocycles. The first kappa shape index (κ1) is 17.8. The van der Waals surface area contributed by atoms with Gasteiger partial charge in [-0.3, -0.25) is 9.59 Å². The van der Waals surface area contributed by atoms with E-state index >= 15 is 0 Å². The van der Waals surface area contributed by atoms with E-state index in [9.17, 15) is 9.59 Å². The molecular weight excluding hydrogens is 346 g/mol. The van der Waals surface area contributed by atoms with Gasteiger partial charge in [0.15, 0.2) is 0 Å². The van der Waals surface area contributed by atoms with Gasteiger partial charge in [0.2, 0.25) is 0 Å². The fraction of sp³-hybridized carbons (Fsp3) is 0.150. The number of nitrogens with zero attached hydrogens (tertiary/aromatic N) is 1. The highest BCUT2D eigenvalue weighted by atomic mass is 32.1. The normalized spacial score (nSPS) is 10.4. The average molecular weight is 365 g/mol. The lowest BCUT2D eigenvalue weighted by molar-refractivity contribution is 0.0960. The van der Waals surface area contributed by atoms with Gasteiger partial charge in [-0.1, -0.05) is 35.9 Å². The molecule has 2 amide bonds. The van der Waals surface area contributed by atoms with Crippen LogP contribution in [-0.4, -0.2) is 23.8 Å². The summed E-state index contributed by atoms with van der Waals surface area (Å²) in [6.45, 7) is 3.83. The monoisotopic (exact) mass is 365 g/mol. The molecule has 0 saturated carbocycles. The van der Waals surface area contributed by atoms with Crippen molar-refractivity contribution in [1.29, 1.82) is 0 Å². The molecule has 3 rings (SSSR count). The number of hydrogen-bond acceptors (Lipinski definition) is 4. The Morgan fingerprint density at radius 1 is 1.00 bits per heavy atom. The first-order valence-corrected chi connectivity index (χ1v) is 9.03. The predicted molar refractivity (Wildman–Crippen MR) is 105 cm³/mol. The third-order valence-corrected chi connectivity index (χ3v) is 4.98. The van der Waals surface area contributed by atoms with E-state index in [1.165, 1.54) is 16.9 Å². The fourth-order valence-electron chi connectivity index (χ4n) is 2.54. The molecule has 0 unspecified atom stereocenters. The maximum absolute atomic E-state index is 12.5. The molecule has 26 heavy (non-hydrogen) atoms. The van der Waals surface area contributed by atoms with E-state index in [0.717, 1.165) is 10.6 Å². The first-order chi connectivity index (χ1) is 12.5. The number of amides is 2. The van der Waals surface area contributed by atoms with E-state index in [0.29, 0.717) is 22.5 Å². The summed E-state index contributed by atoms with van der Waals surface area (Å²) < 4.78 is 0. The molecule has 2 aromatic carbocycles. The van der Waals surface area contributed by atoms with Crippen LogP contribution in [-0.2, 0) is 0 Å². The molecule has 5 nitrogen and oxygen atoms in total. The number of carbonyl (C=O) groups is 2. The lowest BCUT2D eigenvalue weighted by Crippen LogP contribution is -2.20. The summed E-state index contributed by atoms with van der Waals surface area (Å²) in [4.78, 5) is 28.9. The molecule has 0 aliphatic rings. The summed E-state index contributed by atoms with van der Waals surface area (Å²) >= 11 is 1.43. The predicted octanol–water partition coefficient (Wildman–Crippen LogP) is 4.04. The minimum Gasteiger partial charge on any atom is -0.355 e. The Morgan fingerprint density at radius 3 is 2.42 bits per heavy atom. The van der Waals surface area contributed by atoms with Gasteiger partial charge in [-0.2, -0.15) is 0 Å². The van der Waals surface area contributed by atoms with Crippen LogP contribution in [0.5, 0.6) is 0 Å². The minimum absolute atomic E-state index is 0.186. The molecule has 0 radical (unpaired) electrons. The van der Waals surface area contributed by atoms with E-state index in [1.54, 1.807) is 37.6 Å². The topological polar surface area (TPSA) is 71.1 Å². The number of nitrogens with one attached hydrogen (secondary N) is 2. The lowest BCUT2D eigenvalue weighted by Gasteiger charge is -2.11. The number of aromatic nitrogens is 1. The van der Waals surface area contributed by atoms with Crippen LogP contribution in [0.4, 0.5) is 5.69 Å². The van der Waals surface area contributed by atoms with Gasteiger partial charge in [0.25, 0.3) is 11.8 Å². The molecule has 0 atom stereocenters. The van der Waals surface area contributed by atoms with Gasteiger partial charge in [0.1, 0.15) is 10.7 Å². The Kier molecular flexibility index (Phi) is 5.14. The zero-order chi connectivity index (χ0) is 18.7. The Balaban J connectivity index is 1.81. The lowest BCUT2D eigenvalue weighted by atomic mass is 10.1. The van der Waals surface area contributed by atoms with Gasteiger partial charge in [-0.05, 0) is 31.5 Å². The Labute approximate surface area is 156 Å². The van der Waals surface area contributed by atoms with Gasteiger partial charge in [-0.15, -0.1) is 11.3 Å². The van der Waals surface area contributed by atoms with Crippen molar-refractivity contribution in [1.82, 2.24) is 10.3 Å². The van der Waals surface area contributed by atoms with Gasteiger partial charge in [0, 0.05) is 29.2 Å². The van der Waals surface area contributed by atoms with Gasteiger partial charge in [0.05, 0.1) is 0 Å². The highest BCUT2D eigenvalue weighted by molar-refractivity contribution is 7.13. The SMILES string of the molecule is CNC(=O)c1cccc(NC(=O)c2csc(-c3ccc(C)cc3)n2)c1C. The van der Waals surface area contributed by atoms with E-state index in [2.05, 4.69) is 15.6 Å². The number of rotatable bonds is 4. The summed E-state index contributed by atoms with van der Waals surface area (Å²) in [5, 5.41) is 7.98. The van der Waals surface area contributed by atoms with E-state index in [-0.39, 0.29) is 11.8 Å². The summed E-state index contributed by atoms with van der Waals surface area (Å²) in [5.41, 5.74) is 4.36. The second-order valence-corrected chi connectivity index (χ2v) is 6.77. The highest BCUT2D eigenvalue weighted by Crippen LogP contribution is 2.25. The number of thiazole rings is 1.